The first-order valence-electron chi connectivity index (χ1n) is 8.60. The lowest BCUT2D eigenvalue weighted by atomic mass is 10.1. The van der Waals surface area contributed by atoms with Gasteiger partial charge >= 0.3 is 0 Å². The van der Waals surface area contributed by atoms with Crippen molar-refractivity contribution in [2.75, 3.05) is 13.1 Å². The van der Waals surface area contributed by atoms with Crippen LogP contribution in [0.5, 0.6) is 0 Å². The summed E-state index contributed by atoms with van der Waals surface area (Å²) in [5.74, 6) is 0.423. The van der Waals surface area contributed by atoms with Crippen molar-refractivity contribution in [3.63, 3.8) is 0 Å². The molecule has 0 bridgehead atoms. The second kappa shape index (κ2) is 7.07. The van der Waals surface area contributed by atoms with E-state index in [4.69, 9.17) is 4.52 Å². The zero-order valence-electron chi connectivity index (χ0n) is 14.1. The normalized spacial score (nSPS) is 17.0. The molecule has 6 heteroatoms. The SMILES string of the molecule is O=C1C[C@H](c2noc(-c3cccc(F)c3)n2)CN1CCc1ccccc1. The van der Waals surface area contributed by atoms with Crippen LogP contribution in [-0.2, 0) is 11.2 Å². The van der Waals surface area contributed by atoms with Crippen LogP contribution in [-0.4, -0.2) is 34.0 Å². The number of aromatic nitrogens is 2. The molecule has 2 heterocycles. The molecule has 1 fully saturated rings. The van der Waals surface area contributed by atoms with E-state index in [-0.39, 0.29) is 23.5 Å². The topological polar surface area (TPSA) is 59.2 Å². The smallest absolute Gasteiger partial charge is 0.258 e. The number of rotatable bonds is 5. The standard InChI is InChI=1S/C20H18FN3O2/c21-17-8-4-7-15(11-17)20-22-19(23-26-20)16-12-18(25)24(13-16)10-9-14-5-2-1-3-6-14/h1-8,11,16H,9-10,12-13H2/t16-/m0/s1. The summed E-state index contributed by atoms with van der Waals surface area (Å²) >= 11 is 0. The summed E-state index contributed by atoms with van der Waals surface area (Å²) in [4.78, 5) is 18.5. The molecule has 1 saturated heterocycles. The molecule has 1 aliphatic heterocycles. The van der Waals surface area contributed by atoms with Gasteiger partial charge in [0.05, 0.1) is 0 Å². The molecule has 2 aromatic carbocycles. The van der Waals surface area contributed by atoms with Crippen molar-refractivity contribution >= 4 is 5.91 Å². The Morgan fingerprint density at radius 2 is 2.00 bits per heavy atom. The van der Waals surface area contributed by atoms with Crippen molar-refractivity contribution in [1.29, 1.82) is 0 Å². The molecule has 1 atom stereocenters. The van der Waals surface area contributed by atoms with Crippen LogP contribution < -0.4 is 0 Å². The monoisotopic (exact) mass is 351 g/mol. The summed E-state index contributed by atoms with van der Waals surface area (Å²) < 4.78 is 18.6. The fraction of sp³-hybridized carbons (Fsp3) is 0.250. The van der Waals surface area contributed by atoms with Gasteiger partial charge in [-0.25, -0.2) is 4.39 Å². The molecule has 1 amide bonds. The van der Waals surface area contributed by atoms with Crippen LogP contribution in [0.4, 0.5) is 4.39 Å². The Morgan fingerprint density at radius 3 is 2.81 bits per heavy atom. The Morgan fingerprint density at radius 1 is 1.15 bits per heavy atom. The number of hydrogen-bond acceptors (Lipinski definition) is 4. The highest BCUT2D eigenvalue weighted by Gasteiger charge is 2.33. The minimum Gasteiger partial charge on any atom is -0.342 e. The molecular weight excluding hydrogens is 333 g/mol. The molecule has 0 unspecified atom stereocenters. The summed E-state index contributed by atoms with van der Waals surface area (Å²) in [5.41, 5.74) is 1.74. The lowest BCUT2D eigenvalue weighted by molar-refractivity contribution is -0.127. The number of carbonyl (C=O) groups excluding carboxylic acids is 1. The van der Waals surface area contributed by atoms with Crippen molar-refractivity contribution in [3.05, 3.63) is 71.8 Å². The molecule has 0 radical (unpaired) electrons. The summed E-state index contributed by atoms with van der Waals surface area (Å²) in [7, 11) is 0. The summed E-state index contributed by atoms with van der Waals surface area (Å²) in [6, 6.07) is 16.1. The van der Waals surface area contributed by atoms with Gasteiger partial charge < -0.3 is 9.42 Å². The third-order valence-corrected chi connectivity index (χ3v) is 4.61. The molecule has 132 valence electrons. The van der Waals surface area contributed by atoms with E-state index in [1.165, 1.54) is 17.7 Å². The third-order valence-electron chi connectivity index (χ3n) is 4.61. The van der Waals surface area contributed by atoms with Gasteiger partial charge in [-0.1, -0.05) is 41.6 Å². The quantitative estimate of drug-likeness (QED) is 0.707. The van der Waals surface area contributed by atoms with Gasteiger partial charge in [-0.15, -0.1) is 0 Å². The van der Waals surface area contributed by atoms with E-state index < -0.39 is 0 Å². The largest absolute Gasteiger partial charge is 0.342 e. The van der Waals surface area contributed by atoms with Gasteiger partial charge in [0.15, 0.2) is 5.82 Å². The zero-order chi connectivity index (χ0) is 17.9. The zero-order valence-corrected chi connectivity index (χ0v) is 14.1. The summed E-state index contributed by atoms with van der Waals surface area (Å²) in [6.45, 7) is 1.25. The summed E-state index contributed by atoms with van der Waals surface area (Å²) in [5, 5.41) is 4.00. The first-order chi connectivity index (χ1) is 12.7. The van der Waals surface area contributed by atoms with Crippen LogP contribution in [0, 0.1) is 5.82 Å². The van der Waals surface area contributed by atoms with Gasteiger partial charge in [0.25, 0.3) is 5.89 Å². The van der Waals surface area contributed by atoms with Crippen LogP contribution in [0.1, 0.15) is 23.7 Å². The van der Waals surface area contributed by atoms with E-state index in [0.29, 0.717) is 30.9 Å². The third kappa shape index (κ3) is 3.49. The van der Waals surface area contributed by atoms with Gasteiger partial charge in [0.1, 0.15) is 5.82 Å². The first-order valence-corrected chi connectivity index (χ1v) is 8.60. The lowest BCUT2D eigenvalue weighted by Gasteiger charge is -2.15. The van der Waals surface area contributed by atoms with Crippen LogP contribution >= 0.6 is 0 Å². The maximum atomic E-state index is 13.3. The van der Waals surface area contributed by atoms with E-state index in [2.05, 4.69) is 22.3 Å². The van der Waals surface area contributed by atoms with Gasteiger partial charge in [-0.3, -0.25) is 4.79 Å². The van der Waals surface area contributed by atoms with Crippen molar-refractivity contribution in [3.8, 4) is 11.5 Å². The Balaban J connectivity index is 1.42. The molecule has 26 heavy (non-hydrogen) atoms. The van der Waals surface area contributed by atoms with Crippen molar-refractivity contribution in [2.45, 2.75) is 18.8 Å². The molecular formula is C20H18FN3O2. The lowest BCUT2D eigenvalue weighted by Crippen LogP contribution is -2.27. The highest BCUT2D eigenvalue weighted by molar-refractivity contribution is 5.79. The van der Waals surface area contributed by atoms with E-state index in [9.17, 15) is 9.18 Å². The molecule has 1 aliphatic rings. The van der Waals surface area contributed by atoms with E-state index >= 15 is 0 Å². The number of benzene rings is 2. The van der Waals surface area contributed by atoms with E-state index in [1.54, 1.807) is 12.1 Å². The predicted octanol–water partition coefficient (Wildman–Crippen LogP) is 3.43. The average Bonchev–Trinajstić information content (AvgIpc) is 3.28. The van der Waals surface area contributed by atoms with Gasteiger partial charge in [-0.2, -0.15) is 4.98 Å². The Labute approximate surface area is 150 Å². The van der Waals surface area contributed by atoms with Crippen LogP contribution in [0.2, 0.25) is 0 Å². The molecule has 0 N–H and O–H groups in total. The fourth-order valence-electron chi connectivity index (χ4n) is 3.21. The van der Waals surface area contributed by atoms with Gasteiger partial charge in [0, 0.05) is 31.0 Å². The Bertz CT molecular complexity index is 910. The molecule has 5 nitrogen and oxygen atoms in total. The van der Waals surface area contributed by atoms with Crippen molar-refractivity contribution in [2.24, 2.45) is 0 Å². The van der Waals surface area contributed by atoms with Crippen molar-refractivity contribution in [1.82, 2.24) is 15.0 Å². The van der Waals surface area contributed by atoms with Crippen LogP contribution in [0.15, 0.2) is 59.1 Å². The molecule has 0 spiro atoms. The number of likely N-dealkylation sites (tertiary alicyclic amines) is 1. The number of carbonyl (C=O) groups is 1. The highest BCUT2D eigenvalue weighted by Crippen LogP contribution is 2.28. The van der Waals surface area contributed by atoms with Crippen molar-refractivity contribution < 1.29 is 13.7 Å². The minimum atomic E-state index is -0.356. The molecule has 4 rings (SSSR count). The predicted molar refractivity (Wildman–Crippen MR) is 93.8 cm³/mol. The Hall–Kier alpha value is -3.02. The van der Waals surface area contributed by atoms with Gasteiger partial charge in [-0.05, 0) is 30.2 Å². The molecule has 0 aliphatic carbocycles. The summed E-state index contributed by atoms with van der Waals surface area (Å²) in [6.07, 6.45) is 1.19. The molecule has 3 aromatic rings. The van der Waals surface area contributed by atoms with E-state index in [1.807, 2.05) is 23.1 Å². The first kappa shape index (κ1) is 16.4. The Kier molecular flexibility index (Phi) is 4.48. The average molecular weight is 351 g/mol. The number of amides is 1. The minimum absolute atomic E-state index is 0.0932. The molecule has 0 saturated carbocycles. The second-order valence-corrected chi connectivity index (χ2v) is 6.44. The van der Waals surface area contributed by atoms with Crippen LogP contribution in [0.3, 0.4) is 0 Å². The maximum absolute atomic E-state index is 13.3. The number of hydrogen-bond donors (Lipinski definition) is 0. The fourth-order valence-corrected chi connectivity index (χ4v) is 3.21. The number of nitrogens with zero attached hydrogens (tertiary/aromatic N) is 3. The second-order valence-electron chi connectivity index (χ2n) is 6.44. The van der Waals surface area contributed by atoms with Crippen LogP contribution in [0.25, 0.3) is 11.5 Å². The number of halogens is 1. The van der Waals surface area contributed by atoms with Gasteiger partial charge in [0.2, 0.25) is 5.91 Å². The highest BCUT2D eigenvalue weighted by atomic mass is 19.1. The van der Waals surface area contributed by atoms with E-state index in [0.717, 1.165) is 6.42 Å². The maximum Gasteiger partial charge on any atom is 0.258 e. The molecule has 1 aromatic heterocycles.